The zero-order valence-electron chi connectivity index (χ0n) is 13.5. The monoisotopic (exact) mass is 250 g/mol. The first kappa shape index (κ1) is 15.8. The molecule has 106 valence electrons. The van der Waals surface area contributed by atoms with Gasteiger partial charge in [0.25, 0.3) is 0 Å². The minimum absolute atomic E-state index is 0.686. The first-order valence-corrected chi connectivity index (χ1v) is 7.91. The van der Waals surface area contributed by atoms with E-state index in [9.17, 15) is 0 Å². The third kappa shape index (κ3) is 3.62. The average Bonchev–Trinajstić information content (AvgIpc) is 3.06. The van der Waals surface area contributed by atoms with E-state index in [0.717, 1.165) is 29.6 Å². The second-order valence-corrected chi connectivity index (χ2v) is 7.52. The molecule has 4 aliphatic carbocycles. The molecule has 4 saturated carbocycles. The van der Waals surface area contributed by atoms with E-state index in [-0.39, 0.29) is 0 Å². The Morgan fingerprint density at radius 2 is 1.50 bits per heavy atom. The van der Waals surface area contributed by atoms with Crippen LogP contribution >= 0.6 is 0 Å². The van der Waals surface area contributed by atoms with Crippen LogP contribution in [0.4, 0.5) is 0 Å². The van der Waals surface area contributed by atoms with E-state index in [4.69, 9.17) is 0 Å². The standard InChI is InChI=1S/C11H20.C4H8.C3H6/c1-7-5-9-6-10(8(7)2)11(9,3)4;1-4-2-3-4;1-3-2/h7-10H,5-6H2,1-4H3;4H,2-3H2,1H3;3H,1H2,2H3. The van der Waals surface area contributed by atoms with E-state index in [1.54, 1.807) is 6.08 Å². The van der Waals surface area contributed by atoms with Gasteiger partial charge < -0.3 is 0 Å². The molecule has 0 heterocycles. The molecule has 0 aliphatic heterocycles. The number of allylic oxidation sites excluding steroid dienone is 1. The second-order valence-electron chi connectivity index (χ2n) is 7.52. The Bertz CT molecular complexity index is 259. The van der Waals surface area contributed by atoms with E-state index >= 15 is 0 Å². The van der Waals surface area contributed by atoms with Crippen molar-refractivity contribution in [2.45, 2.75) is 67.2 Å². The van der Waals surface area contributed by atoms with Crippen LogP contribution in [0.5, 0.6) is 0 Å². The minimum Gasteiger partial charge on any atom is -0.103 e. The van der Waals surface area contributed by atoms with Gasteiger partial charge in [-0.1, -0.05) is 53.5 Å². The van der Waals surface area contributed by atoms with Crippen molar-refractivity contribution in [1.29, 1.82) is 0 Å². The van der Waals surface area contributed by atoms with Crippen LogP contribution in [-0.2, 0) is 0 Å². The van der Waals surface area contributed by atoms with Crippen molar-refractivity contribution in [3.05, 3.63) is 12.7 Å². The maximum absolute atomic E-state index is 3.36. The summed E-state index contributed by atoms with van der Waals surface area (Å²) in [6.45, 7) is 17.3. The predicted octanol–water partition coefficient (Wildman–Crippen LogP) is 5.93. The Morgan fingerprint density at radius 3 is 1.72 bits per heavy atom. The van der Waals surface area contributed by atoms with Crippen LogP contribution in [0.1, 0.15) is 67.2 Å². The Balaban J connectivity index is 0.000000192. The van der Waals surface area contributed by atoms with Gasteiger partial charge in [0.05, 0.1) is 0 Å². The van der Waals surface area contributed by atoms with Crippen molar-refractivity contribution in [1.82, 2.24) is 0 Å². The first-order valence-electron chi connectivity index (χ1n) is 7.91. The fourth-order valence-corrected chi connectivity index (χ4v) is 3.58. The highest BCUT2D eigenvalue weighted by Crippen LogP contribution is 2.62. The number of hydrogen-bond donors (Lipinski definition) is 0. The average molecular weight is 250 g/mol. The molecular formula is C18H34. The van der Waals surface area contributed by atoms with Gasteiger partial charge in [0.2, 0.25) is 0 Å². The van der Waals surface area contributed by atoms with Gasteiger partial charge in [0.15, 0.2) is 0 Å². The van der Waals surface area contributed by atoms with Crippen LogP contribution in [0.15, 0.2) is 12.7 Å². The van der Waals surface area contributed by atoms with Crippen LogP contribution in [0.25, 0.3) is 0 Å². The molecule has 4 aliphatic rings. The molecule has 0 aromatic rings. The van der Waals surface area contributed by atoms with Gasteiger partial charge in [-0.25, -0.2) is 0 Å². The Hall–Kier alpha value is -0.260. The largest absolute Gasteiger partial charge is 0.103 e. The number of rotatable bonds is 0. The van der Waals surface area contributed by atoms with Crippen LogP contribution in [-0.4, -0.2) is 0 Å². The van der Waals surface area contributed by atoms with Gasteiger partial charge in [0, 0.05) is 0 Å². The second kappa shape index (κ2) is 6.26. The highest BCUT2D eigenvalue weighted by molar-refractivity contribution is 5.03. The lowest BCUT2D eigenvalue weighted by Gasteiger charge is -2.61. The molecule has 0 N–H and O–H groups in total. The topological polar surface area (TPSA) is 0 Å². The molecule has 4 unspecified atom stereocenters. The molecule has 0 aromatic heterocycles. The summed E-state index contributed by atoms with van der Waals surface area (Å²) < 4.78 is 0. The highest BCUT2D eigenvalue weighted by Gasteiger charge is 2.54. The van der Waals surface area contributed by atoms with Crippen LogP contribution in [0, 0.1) is 35.0 Å². The molecule has 0 heteroatoms. The molecule has 4 atom stereocenters. The van der Waals surface area contributed by atoms with Crippen LogP contribution in [0.3, 0.4) is 0 Å². The van der Waals surface area contributed by atoms with Crippen molar-refractivity contribution in [2.75, 3.05) is 0 Å². The maximum atomic E-state index is 3.36. The van der Waals surface area contributed by atoms with Crippen molar-refractivity contribution >= 4 is 0 Å². The summed E-state index contributed by atoms with van der Waals surface area (Å²) in [4.78, 5) is 0. The van der Waals surface area contributed by atoms with Crippen molar-refractivity contribution in [3.63, 3.8) is 0 Å². The summed E-state index contributed by atoms with van der Waals surface area (Å²) in [5.41, 5.74) is 0.686. The molecule has 0 saturated heterocycles. The first-order chi connectivity index (χ1) is 8.34. The SMILES string of the molecule is C=CC.CC1CC1.CC1CC2CC(C1C)C2(C)C. The number of fused-ring (bicyclic) bond motifs is 2. The number of hydrogen-bond acceptors (Lipinski definition) is 0. The maximum Gasteiger partial charge on any atom is -0.0295 e. The van der Waals surface area contributed by atoms with Gasteiger partial charge in [-0.3, -0.25) is 0 Å². The molecule has 0 amide bonds. The lowest BCUT2D eigenvalue weighted by atomic mass is 9.44. The molecule has 18 heavy (non-hydrogen) atoms. The molecule has 0 spiro atoms. The van der Waals surface area contributed by atoms with Crippen molar-refractivity contribution < 1.29 is 0 Å². The van der Waals surface area contributed by atoms with Gasteiger partial charge in [-0.2, -0.15) is 0 Å². The fourth-order valence-electron chi connectivity index (χ4n) is 3.58. The molecule has 0 radical (unpaired) electrons. The molecule has 4 fully saturated rings. The van der Waals surface area contributed by atoms with E-state index in [0.29, 0.717) is 5.41 Å². The Kier molecular flexibility index (Phi) is 5.49. The third-order valence-electron chi connectivity index (χ3n) is 5.60. The normalized spacial score (nSPS) is 39.2. The highest BCUT2D eigenvalue weighted by atomic mass is 14.6. The van der Waals surface area contributed by atoms with Crippen LogP contribution < -0.4 is 0 Å². The van der Waals surface area contributed by atoms with Gasteiger partial charge in [-0.05, 0) is 54.8 Å². The van der Waals surface area contributed by atoms with Crippen molar-refractivity contribution in [3.8, 4) is 0 Å². The molecule has 0 aromatic carbocycles. The van der Waals surface area contributed by atoms with Gasteiger partial charge >= 0.3 is 0 Å². The summed E-state index contributed by atoms with van der Waals surface area (Å²) in [7, 11) is 0. The summed E-state index contributed by atoms with van der Waals surface area (Å²) in [6.07, 6.45) is 7.74. The van der Waals surface area contributed by atoms with E-state index in [2.05, 4.69) is 41.2 Å². The molecule has 4 rings (SSSR count). The molecule has 2 bridgehead atoms. The van der Waals surface area contributed by atoms with E-state index in [1.165, 1.54) is 25.7 Å². The summed E-state index contributed by atoms with van der Waals surface area (Å²) in [5.74, 6) is 5.15. The van der Waals surface area contributed by atoms with Crippen LogP contribution in [0.2, 0.25) is 0 Å². The zero-order valence-corrected chi connectivity index (χ0v) is 13.5. The Morgan fingerprint density at radius 1 is 1.06 bits per heavy atom. The lowest BCUT2D eigenvalue weighted by Crippen LogP contribution is -2.54. The van der Waals surface area contributed by atoms with Gasteiger partial charge in [-0.15, -0.1) is 6.58 Å². The fraction of sp³-hybridized carbons (Fsp3) is 0.889. The third-order valence-corrected chi connectivity index (χ3v) is 5.60. The summed E-state index contributed by atoms with van der Waals surface area (Å²) in [6, 6.07) is 0. The van der Waals surface area contributed by atoms with Gasteiger partial charge in [0.1, 0.15) is 0 Å². The summed E-state index contributed by atoms with van der Waals surface area (Å²) in [5, 5.41) is 0. The minimum atomic E-state index is 0.686. The van der Waals surface area contributed by atoms with E-state index < -0.39 is 0 Å². The van der Waals surface area contributed by atoms with Crippen molar-refractivity contribution in [2.24, 2.45) is 35.0 Å². The summed E-state index contributed by atoms with van der Waals surface area (Å²) >= 11 is 0. The predicted molar refractivity (Wildman–Crippen MR) is 82.6 cm³/mol. The molecule has 0 nitrogen and oxygen atoms in total. The lowest BCUT2D eigenvalue weighted by molar-refractivity contribution is -0.124. The smallest absolute Gasteiger partial charge is 0.0295 e. The van der Waals surface area contributed by atoms with E-state index in [1.807, 2.05) is 6.92 Å². The molecular weight excluding hydrogens is 216 g/mol. The Labute approximate surface area is 115 Å². The zero-order chi connectivity index (χ0) is 13.9. The quantitative estimate of drug-likeness (QED) is 0.467.